The van der Waals surface area contributed by atoms with Gasteiger partial charge in [0.1, 0.15) is 17.5 Å². The molecule has 0 radical (unpaired) electrons. The van der Waals surface area contributed by atoms with Crippen LogP contribution >= 0.6 is 12.4 Å². The number of hydrogen-bond donors (Lipinski definition) is 1. The first kappa shape index (κ1) is 16.7. The first-order valence-electron chi connectivity index (χ1n) is 6.06. The van der Waals surface area contributed by atoms with E-state index in [4.69, 9.17) is 4.74 Å². The maximum atomic E-state index is 10.9. The van der Waals surface area contributed by atoms with E-state index in [-0.39, 0.29) is 24.1 Å². The summed E-state index contributed by atoms with van der Waals surface area (Å²) in [5.74, 6) is 0.583. The highest BCUT2D eigenvalue weighted by molar-refractivity contribution is 5.85. The maximum Gasteiger partial charge on any atom is 0.270 e. The monoisotopic (exact) mass is 302 g/mol. The Morgan fingerprint density at radius 2 is 2.00 bits per heavy atom. The first-order chi connectivity index (χ1) is 8.74. The summed E-state index contributed by atoms with van der Waals surface area (Å²) in [7, 11) is 3.66. The van der Waals surface area contributed by atoms with Gasteiger partial charge in [0.25, 0.3) is 5.69 Å². The van der Waals surface area contributed by atoms with Crippen LogP contribution in [0.5, 0.6) is 5.75 Å². The molecule has 0 unspecified atom stereocenters. The molecule has 112 valence electrons. The number of rotatable bonds is 2. The molecular formula is C13H19ClN2O4. The third kappa shape index (κ3) is 2.72. The Balaban J connectivity index is 0.00000200. The predicted molar refractivity (Wildman–Crippen MR) is 77.5 cm³/mol. The van der Waals surface area contributed by atoms with Crippen LogP contribution in [0.3, 0.4) is 0 Å². The van der Waals surface area contributed by atoms with Crippen LogP contribution in [0.1, 0.15) is 25.5 Å². The van der Waals surface area contributed by atoms with Gasteiger partial charge in [-0.15, -0.1) is 12.4 Å². The van der Waals surface area contributed by atoms with Gasteiger partial charge in [-0.1, -0.05) is 0 Å². The summed E-state index contributed by atoms with van der Waals surface area (Å²) >= 11 is 0. The number of aliphatic hydroxyl groups is 1. The van der Waals surface area contributed by atoms with E-state index in [0.29, 0.717) is 11.3 Å². The van der Waals surface area contributed by atoms with Crippen molar-refractivity contribution in [2.75, 3.05) is 14.1 Å². The van der Waals surface area contributed by atoms with Crippen molar-refractivity contribution in [2.24, 2.45) is 0 Å². The first-order valence-corrected chi connectivity index (χ1v) is 6.06. The van der Waals surface area contributed by atoms with Crippen LogP contribution in [0.4, 0.5) is 5.69 Å². The summed E-state index contributed by atoms with van der Waals surface area (Å²) in [6.45, 7) is 3.61. The lowest BCUT2D eigenvalue weighted by atomic mass is 9.86. The Hall–Kier alpha value is -1.37. The van der Waals surface area contributed by atoms with Gasteiger partial charge < -0.3 is 9.84 Å². The topological polar surface area (TPSA) is 75.8 Å². The molecule has 0 bridgehead atoms. The average Bonchev–Trinajstić information content (AvgIpc) is 2.29. The van der Waals surface area contributed by atoms with E-state index in [0.717, 1.165) is 0 Å². The Morgan fingerprint density at radius 3 is 2.50 bits per heavy atom. The van der Waals surface area contributed by atoms with Crippen LogP contribution < -0.4 is 4.74 Å². The second kappa shape index (κ2) is 5.55. The molecule has 0 saturated carbocycles. The normalized spacial score (nSPS) is 23.5. The van der Waals surface area contributed by atoms with Crippen LogP contribution in [0.25, 0.3) is 0 Å². The molecule has 2 atom stereocenters. The molecule has 1 aromatic carbocycles. The van der Waals surface area contributed by atoms with Crippen molar-refractivity contribution in [1.29, 1.82) is 0 Å². The highest BCUT2D eigenvalue weighted by Gasteiger charge is 2.44. The van der Waals surface area contributed by atoms with Crippen molar-refractivity contribution < 1.29 is 14.8 Å². The van der Waals surface area contributed by atoms with Crippen LogP contribution in [0, 0.1) is 10.1 Å². The summed E-state index contributed by atoms with van der Waals surface area (Å²) in [6.07, 6.45) is -0.767. The minimum absolute atomic E-state index is 0. The Morgan fingerprint density at radius 1 is 1.40 bits per heavy atom. The van der Waals surface area contributed by atoms with Gasteiger partial charge in [0.15, 0.2) is 0 Å². The maximum absolute atomic E-state index is 10.9. The molecule has 0 spiro atoms. The number of ether oxygens (including phenoxy) is 1. The molecule has 0 saturated heterocycles. The third-order valence-electron chi connectivity index (χ3n) is 3.46. The van der Waals surface area contributed by atoms with Gasteiger partial charge in [-0.3, -0.25) is 15.0 Å². The molecule has 7 heteroatoms. The predicted octanol–water partition coefficient (Wildman–Crippen LogP) is 2.15. The van der Waals surface area contributed by atoms with Crippen molar-refractivity contribution in [3.63, 3.8) is 0 Å². The lowest BCUT2D eigenvalue weighted by Crippen LogP contribution is -2.52. The van der Waals surface area contributed by atoms with E-state index in [1.807, 2.05) is 19.0 Å². The zero-order valence-corrected chi connectivity index (χ0v) is 12.7. The number of non-ortho nitro benzene ring substituents is 1. The molecule has 1 aliphatic rings. The van der Waals surface area contributed by atoms with Gasteiger partial charge in [-0.2, -0.15) is 0 Å². The van der Waals surface area contributed by atoms with Gasteiger partial charge >= 0.3 is 0 Å². The van der Waals surface area contributed by atoms with Gasteiger partial charge in [-0.25, -0.2) is 0 Å². The number of nitro groups is 1. The van der Waals surface area contributed by atoms with Crippen molar-refractivity contribution in [2.45, 2.75) is 31.6 Å². The summed E-state index contributed by atoms with van der Waals surface area (Å²) in [6, 6.07) is 4.15. The van der Waals surface area contributed by atoms with E-state index in [2.05, 4.69) is 0 Å². The Bertz CT molecular complexity index is 519. The van der Waals surface area contributed by atoms with Crippen LogP contribution in [0.15, 0.2) is 18.2 Å². The molecule has 0 amide bonds. The molecule has 1 N–H and O–H groups in total. The summed E-state index contributed by atoms with van der Waals surface area (Å²) < 4.78 is 5.75. The zero-order chi connectivity index (χ0) is 14.4. The molecule has 0 aliphatic carbocycles. The lowest BCUT2D eigenvalue weighted by Gasteiger charge is -2.44. The molecule has 6 nitrogen and oxygen atoms in total. The molecular weight excluding hydrogens is 284 g/mol. The SMILES string of the molecule is CN(C)[C@@H]1c2cc([N+](=O)[O-])ccc2OC(C)(C)[C@H]1O.Cl. The highest BCUT2D eigenvalue weighted by atomic mass is 35.5. The quantitative estimate of drug-likeness (QED) is 0.669. The minimum atomic E-state index is -0.767. The number of benzene rings is 1. The summed E-state index contributed by atoms with van der Waals surface area (Å²) in [5, 5.41) is 21.3. The van der Waals surface area contributed by atoms with Crippen molar-refractivity contribution >= 4 is 18.1 Å². The summed E-state index contributed by atoms with van der Waals surface area (Å²) in [4.78, 5) is 12.3. The molecule has 1 aliphatic heterocycles. The largest absolute Gasteiger partial charge is 0.485 e. The smallest absolute Gasteiger partial charge is 0.270 e. The van der Waals surface area contributed by atoms with E-state index < -0.39 is 16.6 Å². The Labute approximate surface area is 123 Å². The average molecular weight is 303 g/mol. The lowest BCUT2D eigenvalue weighted by molar-refractivity contribution is -0.385. The minimum Gasteiger partial charge on any atom is -0.485 e. The molecule has 0 aromatic heterocycles. The zero-order valence-electron chi connectivity index (χ0n) is 11.9. The second-order valence-corrected chi connectivity index (χ2v) is 5.54. The van der Waals surface area contributed by atoms with E-state index in [1.54, 1.807) is 19.9 Å². The number of likely N-dealkylation sites (N-methyl/N-ethyl adjacent to an activating group) is 1. The number of hydrogen-bond acceptors (Lipinski definition) is 5. The van der Waals surface area contributed by atoms with E-state index in [1.165, 1.54) is 12.1 Å². The number of aliphatic hydroxyl groups excluding tert-OH is 1. The number of nitrogens with zero attached hydrogens (tertiary/aromatic N) is 2. The van der Waals surface area contributed by atoms with Gasteiger partial charge in [0, 0.05) is 17.7 Å². The molecule has 20 heavy (non-hydrogen) atoms. The van der Waals surface area contributed by atoms with Gasteiger partial charge in [0.05, 0.1) is 11.0 Å². The fourth-order valence-electron chi connectivity index (χ4n) is 2.43. The fraction of sp³-hybridized carbons (Fsp3) is 0.538. The van der Waals surface area contributed by atoms with Gasteiger partial charge in [-0.05, 0) is 34.0 Å². The van der Waals surface area contributed by atoms with Crippen LogP contribution in [-0.2, 0) is 0 Å². The van der Waals surface area contributed by atoms with E-state index >= 15 is 0 Å². The van der Waals surface area contributed by atoms with Crippen LogP contribution in [-0.4, -0.2) is 40.7 Å². The van der Waals surface area contributed by atoms with Crippen molar-refractivity contribution in [1.82, 2.24) is 4.90 Å². The van der Waals surface area contributed by atoms with E-state index in [9.17, 15) is 15.2 Å². The second-order valence-electron chi connectivity index (χ2n) is 5.54. The standard InChI is InChI=1S/C13H18N2O4.ClH/c1-13(2)12(16)11(14(3)4)9-7-8(15(17)18)5-6-10(9)19-13;/h5-7,11-12,16H,1-4H3;1H/t11-,12+;/m1./s1. The summed E-state index contributed by atoms with van der Waals surface area (Å²) in [5.41, 5.74) is -0.0925. The highest BCUT2D eigenvalue weighted by Crippen LogP contribution is 2.43. The number of fused-ring (bicyclic) bond motifs is 1. The molecule has 2 rings (SSSR count). The Kier molecular flexibility index (Phi) is 4.63. The number of nitro benzene ring substituents is 1. The van der Waals surface area contributed by atoms with Gasteiger partial charge in [0.2, 0.25) is 0 Å². The molecule has 1 heterocycles. The fourth-order valence-corrected chi connectivity index (χ4v) is 2.43. The molecule has 1 aromatic rings. The molecule has 0 fully saturated rings. The van der Waals surface area contributed by atoms with Crippen LogP contribution in [0.2, 0.25) is 0 Å². The third-order valence-corrected chi connectivity index (χ3v) is 3.46. The van der Waals surface area contributed by atoms with Crippen molar-refractivity contribution in [3.8, 4) is 5.75 Å². The number of halogens is 1. The van der Waals surface area contributed by atoms with Crippen molar-refractivity contribution in [3.05, 3.63) is 33.9 Å².